The third kappa shape index (κ3) is 4.37. The van der Waals surface area contributed by atoms with Gasteiger partial charge in [0.05, 0.1) is 36.5 Å². The van der Waals surface area contributed by atoms with Crippen LogP contribution in [-0.2, 0) is 11.3 Å². The molecular formula is C16H19N5O2. The molecule has 120 valence electrons. The molecule has 1 heterocycles. The number of nitriles is 1. The van der Waals surface area contributed by atoms with Crippen molar-refractivity contribution >= 4 is 16.8 Å². The molecule has 0 aliphatic rings. The molecule has 0 bridgehead atoms. The van der Waals surface area contributed by atoms with Crippen molar-refractivity contribution in [3.05, 3.63) is 40.4 Å². The van der Waals surface area contributed by atoms with Gasteiger partial charge in [-0.15, -0.1) is 0 Å². The summed E-state index contributed by atoms with van der Waals surface area (Å²) in [5.41, 5.74) is 0.452. The topological polar surface area (TPSA) is 93.1 Å². The summed E-state index contributed by atoms with van der Waals surface area (Å²) in [5, 5.41) is 9.09. The largest absolute Gasteiger partial charge is 0.344 e. The molecule has 23 heavy (non-hydrogen) atoms. The van der Waals surface area contributed by atoms with E-state index in [1.165, 1.54) is 4.90 Å². The van der Waals surface area contributed by atoms with Crippen LogP contribution in [0.2, 0.25) is 0 Å². The number of nitrogens with zero attached hydrogens (tertiary/aromatic N) is 4. The molecule has 0 fully saturated rings. The quantitative estimate of drug-likeness (QED) is 0.848. The van der Waals surface area contributed by atoms with Crippen molar-refractivity contribution in [2.24, 2.45) is 0 Å². The maximum absolute atomic E-state index is 12.0. The molecule has 7 nitrogen and oxygen atoms in total. The minimum atomic E-state index is -0.184. The number of hydrogen-bond donors (Lipinski definition) is 1. The number of H-pyrrole nitrogens is 1. The molecule has 0 aliphatic carbocycles. The molecule has 2 aromatic rings. The van der Waals surface area contributed by atoms with Gasteiger partial charge in [0.1, 0.15) is 5.82 Å². The van der Waals surface area contributed by atoms with Crippen LogP contribution in [-0.4, -0.2) is 52.9 Å². The van der Waals surface area contributed by atoms with Crippen molar-refractivity contribution in [3.63, 3.8) is 0 Å². The van der Waals surface area contributed by atoms with Crippen LogP contribution in [0.1, 0.15) is 12.2 Å². The van der Waals surface area contributed by atoms with Gasteiger partial charge in [-0.1, -0.05) is 12.1 Å². The van der Waals surface area contributed by atoms with Gasteiger partial charge in [-0.3, -0.25) is 14.5 Å². The van der Waals surface area contributed by atoms with Crippen molar-refractivity contribution in [1.29, 1.82) is 5.26 Å². The molecule has 0 radical (unpaired) electrons. The summed E-state index contributed by atoms with van der Waals surface area (Å²) in [6.07, 6.45) is 0.311. The number of rotatable bonds is 6. The number of aromatic nitrogens is 2. The first-order valence-electron chi connectivity index (χ1n) is 7.28. The lowest BCUT2D eigenvalue weighted by atomic mass is 10.2. The first-order chi connectivity index (χ1) is 11.0. The van der Waals surface area contributed by atoms with Crippen LogP contribution in [0.5, 0.6) is 0 Å². The van der Waals surface area contributed by atoms with Gasteiger partial charge in [-0.2, -0.15) is 5.26 Å². The van der Waals surface area contributed by atoms with Crippen molar-refractivity contribution in [2.45, 2.75) is 13.0 Å². The molecule has 1 aromatic heterocycles. The van der Waals surface area contributed by atoms with Crippen LogP contribution in [0.25, 0.3) is 10.9 Å². The molecule has 7 heteroatoms. The average Bonchev–Trinajstić information content (AvgIpc) is 2.52. The van der Waals surface area contributed by atoms with Gasteiger partial charge in [-0.05, 0) is 19.2 Å². The molecule has 0 unspecified atom stereocenters. The summed E-state index contributed by atoms with van der Waals surface area (Å²) in [4.78, 5) is 34.5. The van der Waals surface area contributed by atoms with Crippen LogP contribution in [0.15, 0.2) is 29.1 Å². The predicted molar refractivity (Wildman–Crippen MR) is 86.6 cm³/mol. The third-order valence-corrected chi connectivity index (χ3v) is 3.47. The Morgan fingerprint density at radius 3 is 2.83 bits per heavy atom. The SMILES string of the molecule is CN(CC(=O)N(C)CCC#N)Cc1nc2ccccc2c(=O)[nH]1. The lowest BCUT2D eigenvalue weighted by Gasteiger charge is -2.20. The number of fused-ring (bicyclic) bond motifs is 1. The Bertz CT molecular complexity index is 793. The summed E-state index contributed by atoms with van der Waals surface area (Å²) in [6.45, 7) is 0.963. The molecule has 0 aliphatic heterocycles. The zero-order valence-corrected chi connectivity index (χ0v) is 13.2. The minimum absolute atomic E-state index is 0.0779. The van der Waals surface area contributed by atoms with Gasteiger partial charge < -0.3 is 9.88 Å². The summed E-state index contributed by atoms with van der Waals surface area (Å²) < 4.78 is 0. The van der Waals surface area contributed by atoms with E-state index in [0.29, 0.717) is 36.2 Å². The highest BCUT2D eigenvalue weighted by molar-refractivity contribution is 5.78. The highest BCUT2D eigenvalue weighted by Gasteiger charge is 2.13. The van der Waals surface area contributed by atoms with E-state index in [2.05, 4.69) is 9.97 Å². The molecule has 1 amide bonds. The molecule has 0 saturated heterocycles. The van der Waals surface area contributed by atoms with Gasteiger partial charge >= 0.3 is 0 Å². The molecule has 1 aromatic carbocycles. The van der Waals surface area contributed by atoms with E-state index in [1.54, 1.807) is 37.2 Å². The van der Waals surface area contributed by atoms with Crippen molar-refractivity contribution < 1.29 is 4.79 Å². The van der Waals surface area contributed by atoms with E-state index in [1.807, 2.05) is 12.1 Å². The van der Waals surface area contributed by atoms with Crippen molar-refractivity contribution in [3.8, 4) is 6.07 Å². The fourth-order valence-corrected chi connectivity index (χ4v) is 2.22. The lowest BCUT2D eigenvalue weighted by Crippen LogP contribution is -2.37. The molecule has 1 N–H and O–H groups in total. The normalized spacial score (nSPS) is 10.7. The van der Waals surface area contributed by atoms with E-state index < -0.39 is 0 Å². The second-order valence-electron chi connectivity index (χ2n) is 5.43. The summed E-state index contributed by atoms with van der Waals surface area (Å²) >= 11 is 0. The summed E-state index contributed by atoms with van der Waals surface area (Å²) in [7, 11) is 3.45. The highest BCUT2D eigenvalue weighted by Crippen LogP contribution is 2.06. The number of benzene rings is 1. The predicted octanol–water partition coefficient (Wildman–Crippen LogP) is 0.727. The zero-order chi connectivity index (χ0) is 16.8. The Hall–Kier alpha value is -2.72. The number of likely N-dealkylation sites (N-methyl/N-ethyl adjacent to an activating group) is 2. The first-order valence-corrected chi connectivity index (χ1v) is 7.28. The van der Waals surface area contributed by atoms with E-state index >= 15 is 0 Å². The Morgan fingerprint density at radius 1 is 1.35 bits per heavy atom. The second-order valence-corrected chi connectivity index (χ2v) is 5.43. The van der Waals surface area contributed by atoms with E-state index in [4.69, 9.17) is 5.26 Å². The van der Waals surface area contributed by atoms with E-state index in [-0.39, 0.29) is 18.0 Å². The zero-order valence-electron chi connectivity index (χ0n) is 13.2. The summed E-state index contributed by atoms with van der Waals surface area (Å²) in [6, 6.07) is 9.15. The Morgan fingerprint density at radius 2 is 2.09 bits per heavy atom. The average molecular weight is 313 g/mol. The van der Waals surface area contributed by atoms with Gasteiger partial charge in [0.25, 0.3) is 5.56 Å². The van der Waals surface area contributed by atoms with Gasteiger partial charge in [0.15, 0.2) is 0 Å². The Kier molecular flexibility index (Phi) is 5.44. The minimum Gasteiger partial charge on any atom is -0.344 e. The van der Waals surface area contributed by atoms with Crippen molar-refractivity contribution in [1.82, 2.24) is 19.8 Å². The van der Waals surface area contributed by atoms with Crippen LogP contribution in [0.4, 0.5) is 0 Å². The Labute approximate surface area is 134 Å². The van der Waals surface area contributed by atoms with Crippen LogP contribution in [0, 0.1) is 11.3 Å². The van der Waals surface area contributed by atoms with Crippen molar-refractivity contribution in [2.75, 3.05) is 27.2 Å². The standard InChI is InChI=1S/C16H19N5O2/c1-20(11-15(22)21(2)9-5-8-17)10-14-18-13-7-4-3-6-12(13)16(23)19-14/h3-4,6-7H,5,9-11H2,1-2H3,(H,18,19,23). The smallest absolute Gasteiger partial charge is 0.258 e. The number of aromatic amines is 1. The van der Waals surface area contributed by atoms with Crippen LogP contribution < -0.4 is 5.56 Å². The molecule has 2 rings (SSSR count). The third-order valence-electron chi connectivity index (χ3n) is 3.47. The lowest BCUT2D eigenvalue weighted by molar-refractivity contribution is -0.130. The number of para-hydroxylation sites is 1. The molecule has 0 saturated carbocycles. The van der Waals surface area contributed by atoms with Crippen LogP contribution in [0.3, 0.4) is 0 Å². The van der Waals surface area contributed by atoms with Gasteiger partial charge in [-0.25, -0.2) is 4.98 Å². The maximum Gasteiger partial charge on any atom is 0.258 e. The number of hydrogen-bond acceptors (Lipinski definition) is 5. The van der Waals surface area contributed by atoms with Gasteiger partial charge in [0, 0.05) is 13.6 Å². The fourth-order valence-electron chi connectivity index (χ4n) is 2.22. The van der Waals surface area contributed by atoms with Gasteiger partial charge in [0.2, 0.25) is 5.91 Å². The Balaban J connectivity index is 2.03. The number of carbonyl (C=O) groups excluding carboxylic acids is 1. The number of carbonyl (C=O) groups is 1. The molecule has 0 spiro atoms. The fraction of sp³-hybridized carbons (Fsp3) is 0.375. The number of amides is 1. The van der Waals surface area contributed by atoms with E-state index in [9.17, 15) is 9.59 Å². The monoisotopic (exact) mass is 313 g/mol. The maximum atomic E-state index is 12.0. The van der Waals surface area contributed by atoms with E-state index in [0.717, 1.165) is 0 Å². The number of nitrogens with one attached hydrogen (secondary N) is 1. The van der Waals surface area contributed by atoms with Crippen LogP contribution >= 0.6 is 0 Å². The molecule has 0 atom stereocenters. The second kappa shape index (κ2) is 7.51. The highest BCUT2D eigenvalue weighted by atomic mass is 16.2. The first kappa shape index (κ1) is 16.6. The summed E-state index contributed by atoms with van der Waals surface area (Å²) in [5.74, 6) is 0.439. The molecular weight excluding hydrogens is 294 g/mol.